The minimum Gasteiger partial charge on any atom is -0.494 e. The lowest BCUT2D eigenvalue weighted by Crippen LogP contribution is -2.48. The molecular weight excluding hydrogens is 254 g/mol. The molecule has 5 heteroatoms. The zero-order valence-electron chi connectivity index (χ0n) is 12.0. The summed E-state index contributed by atoms with van der Waals surface area (Å²) in [6, 6.07) is 7.86. The number of carbonyl (C=O) groups is 1. The second-order valence-corrected chi connectivity index (χ2v) is 5.14. The lowest BCUT2D eigenvalue weighted by molar-refractivity contribution is -0.134. The van der Waals surface area contributed by atoms with E-state index in [0.717, 1.165) is 37.4 Å². The van der Waals surface area contributed by atoms with Crippen LogP contribution in [0.5, 0.6) is 5.75 Å². The molecule has 0 saturated carbocycles. The predicted molar refractivity (Wildman–Crippen MR) is 78.5 cm³/mol. The van der Waals surface area contributed by atoms with Gasteiger partial charge in [0.15, 0.2) is 0 Å². The van der Waals surface area contributed by atoms with Crippen LogP contribution in [0.4, 0.5) is 0 Å². The molecule has 2 N–H and O–H groups in total. The molecule has 1 aliphatic heterocycles. The van der Waals surface area contributed by atoms with Crippen LogP contribution in [-0.2, 0) is 11.3 Å². The van der Waals surface area contributed by atoms with Gasteiger partial charge in [-0.25, -0.2) is 0 Å². The van der Waals surface area contributed by atoms with Crippen LogP contribution in [0, 0.1) is 0 Å². The summed E-state index contributed by atoms with van der Waals surface area (Å²) in [5, 5.41) is 0. The number of benzene rings is 1. The van der Waals surface area contributed by atoms with Crippen LogP contribution >= 0.6 is 0 Å². The number of nitrogens with zero attached hydrogens (tertiary/aromatic N) is 2. The third-order valence-corrected chi connectivity index (χ3v) is 3.56. The Morgan fingerprint density at radius 2 is 2.20 bits per heavy atom. The van der Waals surface area contributed by atoms with Gasteiger partial charge in [0.25, 0.3) is 0 Å². The Bertz CT molecular complexity index is 450. The molecule has 5 nitrogen and oxygen atoms in total. The molecule has 110 valence electrons. The van der Waals surface area contributed by atoms with E-state index < -0.39 is 0 Å². The summed E-state index contributed by atoms with van der Waals surface area (Å²) in [6.45, 7) is 4.38. The highest BCUT2D eigenvalue weighted by Crippen LogP contribution is 2.13. The lowest BCUT2D eigenvalue weighted by Gasteiger charge is -2.31. The molecule has 0 radical (unpaired) electrons. The van der Waals surface area contributed by atoms with Crippen LogP contribution in [0.3, 0.4) is 0 Å². The minimum absolute atomic E-state index is 0.202. The molecule has 1 saturated heterocycles. The van der Waals surface area contributed by atoms with Crippen LogP contribution in [0.2, 0.25) is 0 Å². The second-order valence-electron chi connectivity index (χ2n) is 5.14. The zero-order valence-corrected chi connectivity index (χ0v) is 12.0. The van der Waals surface area contributed by atoms with E-state index in [-0.39, 0.29) is 5.91 Å². The molecule has 1 aromatic carbocycles. The summed E-state index contributed by atoms with van der Waals surface area (Å²) >= 11 is 0. The third kappa shape index (κ3) is 4.21. The quantitative estimate of drug-likeness (QED) is 0.777. The van der Waals surface area contributed by atoms with Crippen molar-refractivity contribution in [3.05, 3.63) is 29.8 Å². The summed E-state index contributed by atoms with van der Waals surface area (Å²) in [6.07, 6.45) is 0.920. The first-order chi connectivity index (χ1) is 9.69. The molecule has 0 aliphatic carbocycles. The van der Waals surface area contributed by atoms with Crippen molar-refractivity contribution in [2.45, 2.75) is 13.0 Å². The van der Waals surface area contributed by atoms with Gasteiger partial charge in [0.1, 0.15) is 5.75 Å². The third-order valence-electron chi connectivity index (χ3n) is 3.56. The minimum atomic E-state index is 0.202. The average Bonchev–Trinajstić information content (AvgIpc) is 2.47. The maximum atomic E-state index is 11.6. The Kier molecular flexibility index (Phi) is 5.38. The first kappa shape index (κ1) is 14.8. The van der Waals surface area contributed by atoms with E-state index in [0.29, 0.717) is 19.7 Å². The number of piperazine rings is 1. The maximum absolute atomic E-state index is 11.6. The summed E-state index contributed by atoms with van der Waals surface area (Å²) in [5.41, 5.74) is 6.67. The van der Waals surface area contributed by atoms with E-state index in [9.17, 15) is 4.79 Å². The van der Waals surface area contributed by atoms with Gasteiger partial charge < -0.3 is 15.4 Å². The fourth-order valence-corrected chi connectivity index (χ4v) is 2.24. The normalized spacial score (nSPS) is 16.5. The molecule has 0 spiro atoms. The summed E-state index contributed by atoms with van der Waals surface area (Å²) in [7, 11) is 1.85. The van der Waals surface area contributed by atoms with Crippen LogP contribution < -0.4 is 10.5 Å². The fourth-order valence-electron chi connectivity index (χ4n) is 2.24. The maximum Gasteiger partial charge on any atom is 0.236 e. The van der Waals surface area contributed by atoms with Crippen molar-refractivity contribution < 1.29 is 9.53 Å². The monoisotopic (exact) mass is 277 g/mol. The molecule has 1 aromatic rings. The Labute approximate surface area is 120 Å². The molecule has 0 aromatic heterocycles. The SMILES string of the molecule is CN1CCN(CCCOc2cccc(CN)c2)CC1=O. The average molecular weight is 277 g/mol. The van der Waals surface area contributed by atoms with Gasteiger partial charge in [-0.15, -0.1) is 0 Å². The first-order valence-electron chi connectivity index (χ1n) is 7.07. The highest BCUT2D eigenvalue weighted by atomic mass is 16.5. The van der Waals surface area contributed by atoms with Crippen molar-refractivity contribution in [1.29, 1.82) is 0 Å². The van der Waals surface area contributed by atoms with Gasteiger partial charge in [0.2, 0.25) is 5.91 Å². The largest absolute Gasteiger partial charge is 0.494 e. The Morgan fingerprint density at radius 1 is 1.35 bits per heavy atom. The molecule has 1 amide bonds. The molecule has 1 aliphatic rings. The number of ether oxygens (including phenoxy) is 1. The van der Waals surface area contributed by atoms with Crippen molar-refractivity contribution >= 4 is 5.91 Å². The smallest absolute Gasteiger partial charge is 0.236 e. The first-order valence-corrected chi connectivity index (χ1v) is 7.07. The van der Waals surface area contributed by atoms with E-state index in [1.165, 1.54) is 0 Å². The molecule has 20 heavy (non-hydrogen) atoms. The van der Waals surface area contributed by atoms with Gasteiger partial charge in [-0.2, -0.15) is 0 Å². The molecular formula is C15H23N3O2. The highest BCUT2D eigenvalue weighted by Gasteiger charge is 2.19. The van der Waals surface area contributed by atoms with E-state index in [2.05, 4.69) is 4.90 Å². The van der Waals surface area contributed by atoms with E-state index in [1.54, 1.807) is 4.90 Å². The van der Waals surface area contributed by atoms with E-state index in [1.807, 2.05) is 31.3 Å². The predicted octanol–water partition coefficient (Wildman–Crippen LogP) is 0.688. The van der Waals surface area contributed by atoms with Gasteiger partial charge in [-0.05, 0) is 24.1 Å². The molecule has 0 atom stereocenters. The molecule has 0 bridgehead atoms. The van der Waals surface area contributed by atoms with Crippen molar-refractivity contribution in [2.75, 3.05) is 39.8 Å². The van der Waals surface area contributed by atoms with Gasteiger partial charge in [0.05, 0.1) is 13.2 Å². The summed E-state index contributed by atoms with van der Waals surface area (Å²) < 4.78 is 5.71. The number of hydrogen-bond acceptors (Lipinski definition) is 4. The van der Waals surface area contributed by atoms with E-state index in [4.69, 9.17) is 10.5 Å². The number of likely N-dealkylation sites (N-methyl/N-ethyl adjacent to an activating group) is 1. The fraction of sp³-hybridized carbons (Fsp3) is 0.533. The van der Waals surface area contributed by atoms with Crippen molar-refractivity contribution in [3.8, 4) is 5.75 Å². The highest BCUT2D eigenvalue weighted by molar-refractivity contribution is 5.78. The number of hydrogen-bond donors (Lipinski definition) is 1. The van der Waals surface area contributed by atoms with Crippen LogP contribution in [0.1, 0.15) is 12.0 Å². The van der Waals surface area contributed by atoms with Gasteiger partial charge in [0, 0.05) is 33.2 Å². The summed E-state index contributed by atoms with van der Waals surface area (Å²) in [4.78, 5) is 15.5. The number of carbonyl (C=O) groups excluding carboxylic acids is 1. The van der Waals surface area contributed by atoms with Gasteiger partial charge in [-0.1, -0.05) is 12.1 Å². The standard InChI is InChI=1S/C15H23N3O2/c1-17-7-8-18(12-15(17)19)6-3-9-20-14-5-2-4-13(10-14)11-16/h2,4-5,10H,3,6-9,11-12,16H2,1H3. The lowest BCUT2D eigenvalue weighted by atomic mass is 10.2. The number of amides is 1. The van der Waals surface area contributed by atoms with Gasteiger partial charge in [-0.3, -0.25) is 9.69 Å². The zero-order chi connectivity index (χ0) is 14.4. The summed E-state index contributed by atoms with van der Waals surface area (Å²) in [5.74, 6) is 1.07. The van der Waals surface area contributed by atoms with Crippen molar-refractivity contribution in [1.82, 2.24) is 9.80 Å². The Morgan fingerprint density at radius 3 is 2.95 bits per heavy atom. The van der Waals surface area contributed by atoms with Crippen LogP contribution in [0.15, 0.2) is 24.3 Å². The topological polar surface area (TPSA) is 58.8 Å². The van der Waals surface area contributed by atoms with E-state index >= 15 is 0 Å². The Hall–Kier alpha value is -1.59. The van der Waals surface area contributed by atoms with Crippen LogP contribution in [-0.4, -0.2) is 55.5 Å². The molecule has 1 fully saturated rings. The second kappa shape index (κ2) is 7.26. The van der Waals surface area contributed by atoms with Crippen molar-refractivity contribution in [3.63, 3.8) is 0 Å². The van der Waals surface area contributed by atoms with Gasteiger partial charge >= 0.3 is 0 Å². The Balaban J connectivity index is 1.67. The van der Waals surface area contributed by atoms with Crippen LogP contribution in [0.25, 0.3) is 0 Å². The molecule has 1 heterocycles. The molecule has 0 unspecified atom stereocenters. The number of rotatable bonds is 6. The molecule has 2 rings (SSSR count). The number of nitrogens with two attached hydrogens (primary N) is 1. The van der Waals surface area contributed by atoms with Crippen molar-refractivity contribution in [2.24, 2.45) is 5.73 Å².